The number of ether oxygens (including phenoxy) is 2. The second kappa shape index (κ2) is 7.82. The van der Waals surface area contributed by atoms with Crippen LogP contribution in [0.3, 0.4) is 0 Å². The quantitative estimate of drug-likeness (QED) is 0.352. The maximum Gasteiger partial charge on any atom is 1.00 e. The van der Waals surface area contributed by atoms with E-state index in [4.69, 9.17) is 9.47 Å². The zero-order chi connectivity index (χ0) is 13.0. The van der Waals surface area contributed by atoms with Crippen LogP contribution >= 0.6 is 11.3 Å². The van der Waals surface area contributed by atoms with E-state index in [9.17, 15) is 13.0 Å². The maximum absolute atomic E-state index is 10.4. The molecule has 1 aromatic rings. The Labute approximate surface area is 138 Å². The van der Waals surface area contributed by atoms with Crippen LogP contribution in [-0.4, -0.2) is 44.5 Å². The molecule has 0 saturated carbocycles. The van der Waals surface area contributed by atoms with Gasteiger partial charge in [0.15, 0.2) is 11.5 Å². The fourth-order valence-corrected chi connectivity index (χ4v) is 2.77. The van der Waals surface area contributed by atoms with Gasteiger partial charge >= 0.3 is 29.6 Å². The van der Waals surface area contributed by atoms with Crippen molar-refractivity contribution in [1.29, 1.82) is 0 Å². The van der Waals surface area contributed by atoms with Gasteiger partial charge in [-0.2, -0.15) is 0 Å². The molecule has 0 saturated heterocycles. The Kier molecular flexibility index (Phi) is 7.09. The van der Waals surface area contributed by atoms with Crippen molar-refractivity contribution in [1.82, 2.24) is 5.32 Å². The fraction of sp³-hybridized carbons (Fsp3) is 0.600. The van der Waals surface area contributed by atoms with Gasteiger partial charge in [-0.05, 0) is 13.0 Å². The summed E-state index contributed by atoms with van der Waals surface area (Å²) in [4.78, 5) is 0. The molecule has 1 N–H and O–H groups in total. The minimum atomic E-state index is -4.11. The van der Waals surface area contributed by atoms with Gasteiger partial charge in [-0.15, -0.1) is 11.3 Å². The molecule has 102 valence electrons. The van der Waals surface area contributed by atoms with Crippen molar-refractivity contribution in [3.8, 4) is 11.5 Å². The van der Waals surface area contributed by atoms with Gasteiger partial charge in [0.25, 0.3) is 0 Å². The Balaban J connectivity index is 0.00000180. The van der Waals surface area contributed by atoms with Gasteiger partial charge in [-0.25, -0.2) is 8.42 Å². The summed E-state index contributed by atoms with van der Waals surface area (Å²) >= 11 is 1.52. The summed E-state index contributed by atoms with van der Waals surface area (Å²) in [5, 5.41) is 6.81. The molecule has 6 nitrogen and oxygen atoms in total. The number of nitrogens with one attached hydrogen (secondary N) is 1. The summed E-state index contributed by atoms with van der Waals surface area (Å²) < 4.78 is 42.3. The first kappa shape index (κ1) is 17.2. The van der Waals surface area contributed by atoms with Gasteiger partial charge in [-0.3, -0.25) is 0 Å². The first-order valence-corrected chi connectivity index (χ1v) is 8.06. The molecule has 1 atom stereocenters. The van der Waals surface area contributed by atoms with E-state index in [1.807, 2.05) is 10.8 Å². The van der Waals surface area contributed by atoms with Crippen LogP contribution in [0.1, 0.15) is 6.42 Å². The van der Waals surface area contributed by atoms with E-state index < -0.39 is 10.1 Å². The second-order valence-electron chi connectivity index (χ2n) is 3.97. The largest absolute Gasteiger partial charge is 1.00 e. The molecule has 0 radical (unpaired) electrons. The number of rotatable bonds is 6. The summed E-state index contributed by atoms with van der Waals surface area (Å²) in [6, 6.07) is 0. The van der Waals surface area contributed by atoms with E-state index in [1.54, 1.807) is 0 Å². The van der Waals surface area contributed by atoms with Crippen LogP contribution in [0.15, 0.2) is 10.8 Å². The minimum Gasteiger partial charge on any atom is -0.748 e. The monoisotopic (exact) mass is 315 g/mol. The molecule has 9 heteroatoms. The Hall–Kier alpha value is 0.170. The summed E-state index contributed by atoms with van der Waals surface area (Å²) in [6.45, 7) is 1.50. The molecule has 19 heavy (non-hydrogen) atoms. The van der Waals surface area contributed by atoms with Gasteiger partial charge in [0, 0.05) is 23.1 Å². The Bertz CT molecular complexity index is 490. The van der Waals surface area contributed by atoms with Crippen molar-refractivity contribution >= 4 is 21.5 Å². The predicted octanol–water partition coefficient (Wildman–Crippen LogP) is -2.58. The van der Waals surface area contributed by atoms with Crippen molar-refractivity contribution < 1.29 is 52.0 Å². The molecule has 1 aliphatic rings. The Morgan fingerprint density at radius 2 is 2.16 bits per heavy atom. The van der Waals surface area contributed by atoms with Crippen LogP contribution in [0.5, 0.6) is 11.5 Å². The Morgan fingerprint density at radius 3 is 2.89 bits per heavy atom. The molecule has 1 unspecified atom stereocenters. The first-order chi connectivity index (χ1) is 8.54. The van der Waals surface area contributed by atoms with E-state index in [0.717, 1.165) is 11.5 Å². The topological polar surface area (TPSA) is 87.7 Å². The van der Waals surface area contributed by atoms with E-state index in [-0.39, 0.29) is 41.4 Å². The molecule has 0 aliphatic carbocycles. The summed E-state index contributed by atoms with van der Waals surface area (Å²) in [5.74, 6) is 1.19. The van der Waals surface area contributed by atoms with Crippen molar-refractivity contribution in [3.05, 3.63) is 10.8 Å². The third kappa shape index (κ3) is 5.99. The van der Waals surface area contributed by atoms with Crippen molar-refractivity contribution in [2.75, 3.05) is 25.4 Å². The smallest absolute Gasteiger partial charge is 0.748 e. The minimum absolute atomic E-state index is 0. The molecule has 0 bridgehead atoms. The van der Waals surface area contributed by atoms with Gasteiger partial charge in [0.1, 0.15) is 12.7 Å². The fourth-order valence-electron chi connectivity index (χ4n) is 1.60. The molecule has 0 aromatic carbocycles. The number of fused-ring (bicyclic) bond motifs is 1. The average Bonchev–Trinajstić information content (AvgIpc) is 2.74. The van der Waals surface area contributed by atoms with Crippen LogP contribution in [0, 0.1) is 0 Å². The van der Waals surface area contributed by atoms with Gasteiger partial charge in [-0.1, -0.05) is 0 Å². The normalized spacial score (nSPS) is 17.8. The standard InChI is InChI=1S/C10H15NO5S2.Na/c12-18(13,14)3-1-2-11-4-8-5-15-9-6-17-7-10(9)16-8;/h6-8,11H,1-5H2,(H,12,13,14);/q;+1/p-1. The van der Waals surface area contributed by atoms with Crippen molar-refractivity contribution in [2.45, 2.75) is 12.5 Å². The SMILES string of the molecule is O=S(=O)([O-])CCCNCC1COc2cscc2O1.[Na+]. The molecule has 0 amide bonds. The van der Waals surface area contributed by atoms with Crippen LogP contribution in [0.2, 0.25) is 0 Å². The molecule has 2 heterocycles. The third-order valence-corrected chi connectivity index (χ3v) is 3.92. The molecule has 2 rings (SSSR count). The van der Waals surface area contributed by atoms with Gasteiger partial charge in [0.05, 0.1) is 10.1 Å². The third-order valence-electron chi connectivity index (χ3n) is 2.43. The predicted molar refractivity (Wildman–Crippen MR) is 66.3 cm³/mol. The van der Waals surface area contributed by atoms with Crippen molar-refractivity contribution in [2.24, 2.45) is 0 Å². The van der Waals surface area contributed by atoms with Crippen LogP contribution < -0.4 is 44.3 Å². The second-order valence-corrected chi connectivity index (χ2v) is 6.24. The van der Waals surface area contributed by atoms with Crippen LogP contribution in [0.4, 0.5) is 0 Å². The van der Waals surface area contributed by atoms with E-state index in [2.05, 4.69) is 5.32 Å². The van der Waals surface area contributed by atoms with Crippen LogP contribution in [0.25, 0.3) is 0 Å². The van der Waals surface area contributed by atoms with Crippen LogP contribution in [-0.2, 0) is 10.1 Å². The zero-order valence-electron chi connectivity index (χ0n) is 10.6. The molecule has 0 spiro atoms. The summed E-state index contributed by atoms with van der Waals surface area (Å²) in [6.07, 6.45) is 0.222. The summed E-state index contributed by atoms with van der Waals surface area (Å²) in [5.41, 5.74) is 0. The number of thiophene rings is 1. The summed E-state index contributed by atoms with van der Waals surface area (Å²) in [7, 11) is -4.11. The number of hydrogen-bond acceptors (Lipinski definition) is 7. The maximum atomic E-state index is 10.4. The zero-order valence-corrected chi connectivity index (χ0v) is 14.3. The molecular weight excluding hydrogens is 301 g/mol. The average molecular weight is 315 g/mol. The van der Waals surface area contributed by atoms with Gasteiger partial charge < -0.3 is 19.3 Å². The Morgan fingerprint density at radius 1 is 1.42 bits per heavy atom. The van der Waals surface area contributed by atoms with Gasteiger partial charge in [0.2, 0.25) is 0 Å². The molecule has 0 fully saturated rings. The molecule has 1 aromatic heterocycles. The number of hydrogen-bond donors (Lipinski definition) is 1. The molecule has 1 aliphatic heterocycles. The van der Waals surface area contributed by atoms with Crippen molar-refractivity contribution in [3.63, 3.8) is 0 Å². The first-order valence-electron chi connectivity index (χ1n) is 5.54. The van der Waals surface area contributed by atoms with E-state index in [1.165, 1.54) is 11.3 Å². The van der Waals surface area contributed by atoms with E-state index in [0.29, 0.717) is 26.1 Å². The molecular formula is C10H14NNaO5S2. The van der Waals surface area contributed by atoms with E-state index >= 15 is 0 Å².